The number of hydrogen-bond acceptors (Lipinski definition) is 3. The van der Waals surface area contributed by atoms with E-state index in [0.29, 0.717) is 12.5 Å². The third-order valence-corrected chi connectivity index (χ3v) is 2.70. The van der Waals surface area contributed by atoms with Crippen LogP contribution in [0.2, 0.25) is 0 Å². The summed E-state index contributed by atoms with van der Waals surface area (Å²) in [5.41, 5.74) is 1.21. The lowest BCUT2D eigenvalue weighted by Crippen LogP contribution is -2.17. The average molecular weight is 234 g/mol. The van der Waals surface area contributed by atoms with Gasteiger partial charge in [-0.25, -0.2) is 4.79 Å². The summed E-state index contributed by atoms with van der Waals surface area (Å²) in [5.74, 6) is -0.856. The van der Waals surface area contributed by atoms with Crippen molar-refractivity contribution >= 4 is 11.8 Å². The first-order chi connectivity index (χ1) is 8.15. The van der Waals surface area contributed by atoms with E-state index < -0.39 is 11.8 Å². The highest BCUT2D eigenvalue weighted by Gasteiger charge is 2.13. The van der Waals surface area contributed by atoms with E-state index in [-0.39, 0.29) is 6.42 Å². The molecule has 0 radical (unpaired) electrons. The van der Waals surface area contributed by atoms with E-state index in [4.69, 9.17) is 4.74 Å². The van der Waals surface area contributed by atoms with Crippen LogP contribution in [0.4, 0.5) is 0 Å². The highest BCUT2D eigenvalue weighted by Crippen LogP contribution is 2.18. The van der Waals surface area contributed by atoms with E-state index in [9.17, 15) is 9.59 Å². The zero-order chi connectivity index (χ0) is 12.7. The third kappa shape index (κ3) is 4.39. The van der Waals surface area contributed by atoms with Crippen LogP contribution in [0.5, 0.6) is 0 Å². The minimum atomic E-state index is -0.715. The van der Waals surface area contributed by atoms with Crippen molar-refractivity contribution in [2.24, 2.45) is 0 Å². The number of carbonyl (C=O) groups excluding carboxylic acids is 2. The molecule has 0 bridgehead atoms. The number of hydrogen-bond donors (Lipinski definition) is 0. The Kier molecular flexibility index (Phi) is 5.40. The quantitative estimate of drug-likeness (QED) is 0.561. The molecule has 0 saturated heterocycles. The molecule has 0 fully saturated rings. The summed E-state index contributed by atoms with van der Waals surface area (Å²) >= 11 is 0. The van der Waals surface area contributed by atoms with Crippen LogP contribution in [0.1, 0.15) is 38.2 Å². The number of rotatable bonds is 6. The van der Waals surface area contributed by atoms with Gasteiger partial charge in [-0.3, -0.25) is 4.79 Å². The lowest BCUT2D eigenvalue weighted by atomic mass is 9.98. The summed E-state index contributed by atoms with van der Waals surface area (Å²) in [6.07, 6.45) is 0.930. The van der Waals surface area contributed by atoms with Crippen molar-refractivity contribution in [3.63, 3.8) is 0 Å². The van der Waals surface area contributed by atoms with Crippen LogP contribution in [0, 0.1) is 0 Å². The topological polar surface area (TPSA) is 43.4 Å². The lowest BCUT2D eigenvalue weighted by Gasteiger charge is -2.11. The molecule has 0 saturated carbocycles. The van der Waals surface area contributed by atoms with Gasteiger partial charge in [-0.2, -0.15) is 0 Å². The minimum Gasteiger partial charge on any atom is -0.460 e. The second kappa shape index (κ2) is 6.84. The van der Waals surface area contributed by atoms with Crippen LogP contribution in [0.25, 0.3) is 0 Å². The van der Waals surface area contributed by atoms with Crippen molar-refractivity contribution in [2.75, 3.05) is 6.61 Å². The van der Waals surface area contributed by atoms with Crippen LogP contribution in [-0.2, 0) is 14.3 Å². The molecule has 1 aromatic rings. The van der Waals surface area contributed by atoms with E-state index in [1.54, 1.807) is 6.92 Å². The van der Waals surface area contributed by atoms with Gasteiger partial charge in [0.2, 0.25) is 5.78 Å². The van der Waals surface area contributed by atoms with Gasteiger partial charge in [0.25, 0.3) is 0 Å². The molecule has 0 N–H and O–H groups in total. The third-order valence-electron chi connectivity index (χ3n) is 2.70. The Morgan fingerprint density at radius 1 is 1.24 bits per heavy atom. The molecule has 92 valence electrons. The van der Waals surface area contributed by atoms with Crippen LogP contribution >= 0.6 is 0 Å². The molecular weight excluding hydrogens is 216 g/mol. The summed E-state index contributed by atoms with van der Waals surface area (Å²) in [6, 6.07) is 10.0. The van der Waals surface area contributed by atoms with Gasteiger partial charge in [-0.15, -0.1) is 0 Å². The van der Waals surface area contributed by atoms with E-state index in [2.05, 4.69) is 6.92 Å². The smallest absolute Gasteiger partial charge is 0.374 e. The van der Waals surface area contributed by atoms with E-state index in [0.717, 1.165) is 6.42 Å². The predicted octanol–water partition coefficient (Wildman–Crippen LogP) is 2.70. The summed E-state index contributed by atoms with van der Waals surface area (Å²) in [5, 5.41) is 0. The van der Waals surface area contributed by atoms with Gasteiger partial charge in [0.05, 0.1) is 6.61 Å². The van der Waals surface area contributed by atoms with Gasteiger partial charge >= 0.3 is 5.97 Å². The highest BCUT2D eigenvalue weighted by atomic mass is 16.5. The highest BCUT2D eigenvalue weighted by molar-refractivity contribution is 6.33. The van der Waals surface area contributed by atoms with Crippen molar-refractivity contribution in [2.45, 2.75) is 32.6 Å². The van der Waals surface area contributed by atoms with Crippen LogP contribution in [0.3, 0.4) is 0 Å². The summed E-state index contributed by atoms with van der Waals surface area (Å²) in [6.45, 7) is 4.02. The Balaban J connectivity index is 2.32. The predicted molar refractivity (Wildman–Crippen MR) is 65.7 cm³/mol. The molecule has 1 aromatic carbocycles. The molecule has 0 aromatic heterocycles. The van der Waals surface area contributed by atoms with Crippen LogP contribution in [-0.4, -0.2) is 18.4 Å². The Hall–Kier alpha value is -1.64. The van der Waals surface area contributed by atoms with Gasteiger partial charge in [-0.1, -0.05) is 44.2 Å². The van der Waals surface area contributed by atoms with Crippen molar-refractivity contribution in [3.8, 4) is 0 Å². The minimum absolute atomic E-state index is 0.201. The van der Waals surface area contributed by atoms with E-state index in [1.807, 2.05) is 30.3 Å². The maximum Gasteiger partial charge on any atom is 0.374 e. The Morgan fingerprint density at radius 2 is 1.88 bits per heavy atom. The molecule has 1 atom stereocenters. The molecule has 0 amide bonds. The second-order valence-corrected chi connectivity index (χ2v) is 4.01. The molecule has 0 spiro atoms. The maximum atomic E-state index is 11.1. The van der Waals surface area contributed by atoms with Gasteiger partial charge in [0.1, 0.15) is 0 Å². The zero-order valence-electron chi connectivity index (χ0n) is 10.3. The summed E-state index contributed by atoms with van der Waals surface area (Å²) in [4.78, 5) is 22.1. The van der Waals surface area contributed by atoms with Gasteiger partial charge in [-0.05, 0) is 17.9 Å². The van der Waals surface area contributed by atoms with E-state index >= 15 is 0 Å². The molecule has 1 unspecified atom stereocenters. The SMILES string of the molecule is CCC(=O)C(=O)OCCC(C)c1ccccc1. The van der Waals surface area contributed by atoms with Crippen molar-refractivity contribution in [1.82, 2.24) is 0 Å². The fourth-order valence-corrected chi connectivity index (χ4v) is 1.50. The van der Waals surface area contributed by atoms with Gasteiger partial charge in [0.15, 0.2) is 0 Å². The molecule has 0 heterocycles. The average Bonchev–Trinajstić information content (AvgIpc) is 2.38. The molecule has 17 heavy (non-hydrogen) atoms. The molecule has 1 rings (SSSR count). The molecule has 0 aliphatic carbocycles. The Bertz CT molecular complexity index is 370. The summed E-state index contributed by atoms with van der Waals surface area (Å²) < 4.78 is 4.90. The Labute approximate surface area is 102 Å². The fraction of sp³-hybridized carbons (Fsp3) is 0.429. The van der Waals surface area contributed by atoms with Crippen LogP contribution < -0.4 is 0 Å². The summed E-state index contributed by atoms with van der Waals surface area (Å²) in [7, 11) is 0. The molecule has 3 heteroatoms. The largest absolute Gasteiger partial charge is 0.460 e. The number of ketones is 1. The Morgan fingerprint density at radius 3 is 2.47 bits per heavy atom. The van der Waals surface area contributed by atoms with Crippen molar-refractivity contribution < 1.29 is 14.3 Å². The van der Waals surface area contributed by atoms with Crippen molar-refractivity contribution in [1.29, 1.82) is 0 Å². The van der Waals surface area contributed by atoms with Gasteiger partial charge in [0, 0.05) is 6.42 Å². The fourth-order valence-electron chi connectivity index (χ4n) is 1.50. The maximum absolute atomic E-state index is 11.1. The van der Waals surface area contributed by atoms with Gasteiger partial charge < -0.3 is 4.74 Å². The number of esters is 1. The first-order valence-electron chi connectivity index (χ1n) is 5.90. The number of ether oxygens (including phenoxy) is 1. The standard InChI is InChI=1S/C14H18O3/c1-3-13(15)14(16)17-10-9-11(2)12-7-5-4-6-8-12/h4-8,11H,3,9-10H2,1-2H3. The molecule has 3 nitrogen and oxygen atoms in total. The van der Waals surface area contributed by atoms with E-state index in [1.165, 1.54) is 5.56 Å². The molecular formula is C14H18O3. The second-order valence-electron chi connectivity index (χ2n) is 4.01. The van der Waals surface area contributed by atoms with Crippen molar-refractivity contribution in [3.05, 3.63) is 35.9 Å². The zero-order valence-corrected chi connectivity index (χ0v) is 10.3. The normalized spacial score (nSPS) is 11.9. The molecule has 0 aliphatic rings. The number of carbonyl (C=O) groups is 2. The van der Waals surface area contributed by atoms with Crippen LogP contribution in [0.15, 0.2) is 30.3 Å². The first-order valence-corrected chi connectivity index (χ1v) is 5.90. The monoisotopic (exact) mass is 234 g/mol. The first kappa shape index (κ1) is 13.4. The lowest BCUT2D eigenvalue weighted by molar-refractivity contribution is -0.153. The molecule has 0 aliphatic heterocycles. The number of benzene rings is 1. The number of Topliss-reactive ketones (excluding diaryl/α,β-unsaturated/α-hetero) is 1.